The fourth-order valence-electron chi connectivity index (χ4n) is 4.41. The zero-order valence-corrected chi connectivity index (χ0v) is 16.6. The second-order valence-corrected chi connectivity index (χ2v) is 7.87. The Labute approximate surface area is 172 Å². The summed E-state index contributed by atoms with van der Waals surface area (Å²) in [6, 6.07) is 20.1. The van der Waals surface area contributed by atoms with Gasteiger partial charge in [0.15, 0.2) is 0 Å². The molecule has 2 N–H and O–H groups in total. The highest BCUT2D eigenvalue weighted by Crippen LogP contribution is 2.24. The zero-order valence-electron chi connectivity index (χ0n) is 16.6. The normalized spacial score (nSPS) is 22.5. The Morgan fingerprint density at radius 2 is 1.72 bits per heavy atom. The van der Waals surface area contributed by atoms with Crippen LogP contribution in [0.15, 0.2) is 54.6 Å². The second-order valence-electron chi connectivity index (χ2n) is 7.87. The molecular formula is C23H27N5O. The standard InChI is InChI=1S/C23H27N5O/c24-15-19-8-4-5-9-21(19)26-10-12-27(13-11-26)23(29)22-14-20(25)17-28(22)16-18-6-2-1-3-7-18/h1-9,20,22H,10-14,16-17,25H2. The number of nitriles is 1. The van der Waals surface area contributed by atoms with Gasteiger partial charge in [0.2, 0.25) is 5.91 Å². The van der Waals surface area contributed by atoms with Crippen molar-refractivity contribution >= 4 is 11.6 Å². The third kappa shape index (κ3) is 4.26. The van der Waals surface area contributed by atoms with Crippen LogP contribution in [0.5, 0.6) is 0 Å². The minimum atomic E-state index is -0.150. The first kappa shape index (κ1) is 19.4. The molecule has 2 fully saturated rings. The lowest BCUT2D eigenvalue weighted by Gasteiger charge is -2.38. The van der Waals surface area contributed by atoms with Crippen LogP contribution in [0.25, 0.3) is 0 Å². The Morgan fingerprint density at radius 1 is 1.03 bits per heavy atom. The lowest BCUT2D eigenvalue weighted by atomic mass is 10.1. The molecule has 0 spiro atoms. The summed E-state index contributed by atoms with van der Waals surface area (Å²) in [7, 11) is 0. The fourth-order valence-corrected chi connectivity index (χ4v) is 4.41. The number of rotatable bonds is 4. The molecule has 2 aromatic carbocycles. The SMILES string of the molecule is N#Cc1ccccc1N1CCN(C(=O)C2CC(N)CN2Cc2ccccc2)CC1. The lowest BCUT2D eigenvalue weighted by molar-refractivity contribution is -0.136. The molecule has 2 atom stereocenters. The number of hydrogen-bond donors (Lipinski definition) is 1. The highest BCUT2D eigenvalue weighted by atomic mass is 16.2. The number of anilines is 1. The van der Waals surface area contributed by atoms with Crippen LogP contribution in [0.4, 0.5) is 5.69 Å². The predicted octanol–water partition coefficient (Wildman–Crippen LogP) is 1.81. The van der Waals surface area contributed by atoms with E-state index in [1.165, 1.54) is 5.56 Å². The third-order valence-corrected chi connectivity index (χ3v) is 5.91. The molecule has 2 unspecified atom stereocenters. The maximum Gasteiger partial charge on any atom is 0.240 e. The number of nitrogens with zero attached hydrogens (tertiary/aromatic N) is 4. The summed E-state index contributed by atoms with van der Waals surface area (Å²) in [5.74, 6) is 0.182. The molecule has 0 aromatic heterocycles. The molecule has 2 saturated heterocycles. The van der Waals surface area contributed by atoms with Gasteiger partial charge in [-0.2, -0.15) is 5.26 Å². The number of piperazine rings is 1. The molecule has 1 amide bonds. The van der Waals surface area contributed by atoms with Crippen molar-refractivity contribution in [2.75, 3.05) is 37.6 Å². The number of benzene rings is 2. The number of likely N-dealkylation sites (tertiary alicyclic amines) is 1. The molecule has 150 valence electrons. The Balaban J connectivity index is 1.40. The number of carbonyl (C=O) groups excluding carboxylic acids is 1. The van der Waals surface area contributed by atoms with E-state index in [9.17, 15) is 10.1 Å². The first-order valence-electron chi connectivity index (χ1n) is 10.2. The van der Waals surface area contributed by atoms with Gasteiger partial charge in [-0.05, 0) is 24.1 Å². The number of hydrogen-bond acceptors (Lipinski definition) is 5. The van der Waals surface area contributed by atoms with Gasteiger partial charge in [-0.3, -0.25) is 9.69 Å². The van der Waals surface area contributed by atoms with E-state index >= 15 is 0 Å². The predicted molar refractivity (Wildman–Crippen MR) is 113 cm³/mol. The smallest absolute Gasteiger partial charge is 0.240 e. The van der Waals surface area contributed by atoms with Crippen molar-refractivity contribution < 1.29 is 4.79 Å². The van der Waals surface area contributed by atoms with Crippen molar-refractivity contribution in [1.29, 1.82) is 5.26 Å². The summed E-state index contributed by atoms with van der Waals surface area (Å²) in [6.07, 6.45) is 0.711. The lowest BCUT2D eigenvalue weighted by Crippen LogP contribution is -2.53. The van der Waals surface area contributed by atoms with Crippen LogP contribution >= 0.6 is 0 Å². The average Bonchev–Trinajstić information content (AvgIpc) is 3.14. The Morgan fingerprint density at radius 3 is 2.45 bits per heavy atom. The van der Waals surface area contributed by atoms with E-state index in [4.69, 9.17) is 5.73 Å². The topological polar surface area (TPSA) is 76.6 Å². The summed E-state index contributed by atoms with van der Waals surface area (Å²) in [5.41, 5.74) is 9.06. The molecule has 6 nitrogen and oxygen atoms in total. The average molecular weight is 390 g/mol. The van der Waals surface area contributed by atoms with Gasteiger partial charge in [0.25, 0.3) is 0 Å². The summed E-state index contributed by atoms with van der Waals surface area (Å²) in [5, 5.41) is 9.35. The van der Waals surface area contributed by atoms with E-state index in [0.29, 0.717) is 25.1 Å². The highest BCUT2D eigenvalue weighted by molar-refractivity contribution is 5.82. The Hall–Kier alpha value is -2.88. The maximum atomic E-state index is 13.3. The summed E-state index contributed by atoms with van der Waals surface area (Å²) in [4.78, 5) is 19.7. The first-order valence-corrected chi connectivity index (χ1v) is 10.2. The summed E-state index contributed by atoms with van der Waals surface area (Å²) in [6.45, 7) is 4.32. The van der Waals surface area contributed by atoms with Gasteiger partial charge >= 0.3 is 0 Å². The molecule has 0 bridgehead atoms. The van der Waals surface area contributed by atoms with E-state index in [1.54, 1.807) is 0 Å². The molecule has 0 radical (unpaired) electrons. The van der Waals surface area contributed by atoms with Crippen LogP contribution in [-0.4, -0.2) is 60.5 Å². The van der Waals surface area contributed by atoms with E-state index in [1.807, 2.05) is 47.4 Å². The molecule has 29 heavy (non-hydrogen) atoms. The minimum Gasteiger partial charge on any atom is -0.367 e. The number of para-hydroxylation sites is 1. The minimum absolute atomic E-state index is 0.0384. The van der Waals surface area contributed by atoms with Crippen LogP contribution in [0, 0.1) is 11.3 Å². The molecular weight excluding hydrogens is 362 g/mol. The number of carbonyl (C=O) groups is 1. The van der Waals surface area contributed by atoms with Crippen LogP contribution in [0.2, 0.25) is 0 Å². The molecule has 6 heteroatoms. The second kappa shape index (κ2) is 8.64. The molecule has 2 heterocycles. The zero-order chi connectivity index (χ0) is 20.2. The van der Waals surface area contributed by atoms with Crippen molar-refractivity contribution in [3.63, 3.8) is 0 Å². The largest absolute Gasteiger partial charge is 0.367 e. The van der Waals surface area contributed by atoms with Crippen LogP contribution < -0.4 is 10.6 Å². The number of amides is 1. The molecule has 0 saturated carbocycles. The third-order valence-electron chi connectivity index (χ3n) is 5.91. The maximum absolute atomic E-state index is 13.3. The van der Waals surface area contributed by atoms with Crippen molar-refractivity contribution in [2.45, 2.75) is 25.0 Å². The first-order chi connectivity index (χ1) is 14.2. The summed E-state index contributed by atoms with van der Waals surface area (Å²) < 4.78 is 0. The van der Waals surface area contributed by atoms with Crippen molar-refractivity contribution in [2.24, 2.45) is 5.73 Å². The Bertz CT molecular complexity index is 886. The monoisotopic (exact) mass is 389 g/mol. The van der Waals surface area contributed by atoms with E-state index < -0.39 is 0 Å². The van der Waals surface area contributed by atoms with Gasteiger partial charge in [0.05, 0.1) is 17.3 Å². The van der Waals surface area contributed by atoms with Crippen LogP contribution in [-0.2, 0) is 11.3 Å². The van der Waals surface area contributed by atoms with Crippen LogP contribution in [0.3, 0.4) is 0 Å². The molecule has 0 aliphatic carbocycles. The van der Waals surface area contributed by atoms with E-state index in [-0.39, 0.29) is 18.0 Å². The van der Waals surface area contributed by atoms with Crippen LogP contribution in [0.1, 0.15) is 17.5 Å². The molecule has 4 rings (SSSR count). The van der Waals surface area contributed by atoms with Gasteiger partial charge < -0.3 is 15.5 Å². The van der Waals surface area contributed by atoms with Crippen molar-refractivity contribution in [3.05, 3.63) is 65.7 Å². The van der Waals surface area contributed by atoms with Gasteiger partial charge in [-0.1, -0.05) is 42.5 Å². The van der Waals surface area contributed by atoms with E-state index in [0.717, 1.165) is 31.9 Å². The highest BCUT2D eigenvalue weighted by Gasteiger charge is 2.38. The van der Waals surface area contributed by atoms with Crippen molar-refractivity contribution in [1.82, 2.24) is 9.80 Å². The quantitative estimate of drug-likeness (QED) is 0.863. The van der Waals surface area contributed by atoms with Crippen molar-refractivity contribution in [3.8, 4) is 6.07 Å². The van der Waals surface area contributed by atoms with Gasteiger partial charge in [0, 0.05) is 45.3 Å². The Kier molecular flexibility index (Phi) is 5.79. The van der Waals surface area contributed by atoms with Gasteiger partial charge in [-0.15, -0.1) is 0 Å². The molecule has 2 aliphatic heterocycles. The summed E-state index contributed by atoms with van der Waals surface area (Å²) >= 11 is 0. The molecule has 2 aromatic rings. The van der Waals surface area contributed by atoms with E-state index in [2.05, 4.69) is 28.0 Å². The molecule has 2 aliphatic rings. The number of nitrogens with two attached hydrogens (primary N) is 1. The van der Waals surface area contributed by atoms with Gasteiger partial charge in [-0.25, -0.2) is 0 Å². The van der Waals surface area contributed by atoms with Gasteiger partial charge in [0.1, 0.15) is 6.07 Å². The fraction of sp³-hybridized carbons (Fsp3) is 0.391.